The number of ether oxygens (including phenoxy) is 1. The molecular formula is C12H14N4O2S. The van der Waals surface area contributed by atoms with Crippen molar-refractivity contribution >= 4 is 28.5 Å². The van der Waals surface area contributed by atoms with Gasteiger partial charge in [-0.05, 0) is 30.7 Å². The lowest BCUT2D eigenvalue weighted by Crippen LogP contribution is -1.94. The number of phenolic OH excluding ortho intramolecular Hbond substituents is 1. The van der Waals surface area contributed by atoms with E-state index in [1.54, 1.807) is 29.8 Å². The molecule has 0 unspecified atom stereocenters. The highest BCUT2D eigenvalue weighted by Gasteiger charge is 2.02. The van der Waals surface area contributed by atoms with E-state index in [0.29, 0.717) is 23.3 Å². The third-order valence-electron chi connectivity index (χ3n) is 2.18. The van der Waals surface area contributed by atoms with Gasteiger partial charge in [-0.25, -0.2) is 4.98 Å². The van der Waals surface area contributed by atoms with Crippen molar-refractivity contribution < 1.29 is 9.84 Å². The van der Waals surface area contributed by atoms with Crippen LogP contribution in [-0.4, -0.2) is 22.9 Å². The molecular weight excluding hydrogens is 264 g/mol. The molecule has 0 amide bonds. The normalized spacial score (nSPS) is 10.8. The van der Waals surface area contributed by atoms with E-state index in [0.717, 1.165) is 5.56 Å². The van der Waals surface area contributed by atoms with Crippen molar-refractivity contribution in [3.63, 3.8) is 0 Å². The van der Waals surface area contributed by atoms with Gasteiger partial charge >= 0.3 is 0 Å². The second-order valence-corrected chi connectivity index (χ2v) is 4.47. The highest BCUT2D eigenvalue weighted by Crippen LogP contribution is 2.26. The van der Waals surface area contributed by atoms with Crippen molar-refractivity contribution in [3.05, 3.63) is 29.1 Å². The largest absolute Gasteiger partial charge is 0.504 e. The second-order valence-electron chi connectivity index (χ2n) is 3.61. The van der Waals surface area contributed by atoms with Crippen molar-refractivity contribution in [2.75, 3.05) is 17.8 Å². The molecule has 4 N–H and O–H groups in total. The summed E-state index contributed by atoms with van der Waals surface area (Å²) in [6, 6.07) is 5.01. The van der Waals surface area contributed by atoms with E-state index in [1.165, 1.54) is 11.3 Å². The topological polar surface area (TPSA) is 92.8 Å². The molecule has 0 aliphatic carbocycles. The van der Waals surface area contributed by atoms with Gasteiger partial charge in [0.15, 0.2) is 11.5 Å². The molecule has 2 rings (SSSR count). The average Bonchev–Trinajstić information content (AvgIpc) is 2.79. The van der Waals surface area contributed by atoms with Crippen molar-refractivity contribution in [1.82, 2.24) is 4.98 Å². The molecule has 6 nitrogen and oxygen atoms in total. The molecule has 7 heteroatoms. The molecule has 0 atom stereocenters. The van der Waals surface area contributed by atoms with Gasteiger partial charge in [0.25, 0.3) is 0 Å². The van der Waals surface area contributed by atoms with E-state index in [1.807, 2.05) is 6.92 Å². The molecule has 0 fully saturated rings. The SMILES string of the molecule is CCOc1cc(C=NNc2nc(N)cs2)ccc1O. The molecule has 0 bridgehead atoms. The number of nitrogen functional groups attached to an aromatic ring is 1. The minimum atomic E-state index is 0.111. The maximum Gasteiger partial charge on any atom is 0.205 e. The molecule has 19 heavy (non-hydrogen) atoms. The summed E-state index contributed by atoms with van der Waals surface area (Å²) in [6.07, 6.45) is 1.61. The van der Waals surface area contributed by atoms with Gasteiger partial charge in [0.05, 0.1) is 12.8 Å². The number of aromatic hydroxyl groups is 1. The van der Waals surface area contributed by atoms with Crippen LogP contribution in [0.1, 0.15) is 12.5 Å². The fraction of sp³-hybridized carbons (Fsp3) is 0.167. The number of benzene rings is 1. The van der Waals surface area contributed by atoms with E-state index in [2.05, 4.69) is 15.5 Å². The Balaban J connectivity index is 2.04. The Morgan fingerprint density at radius 2 is 2.42 bits per heavy atom. The first kappa shape index (κ1) is 13.2. The molecule has 2 aromatic rings. The number of hydrazone groups is 1. The molecule has 0 radical (unpaired) electrons. The first-order valence-corrected chi connectivity index (χ1v) is 6.53. The van der Waals surface area contributed by atoms with Gasteiger partial charge in [-0.15, -0.1) is 11.3 Å². The Kier molecular flexibility index (Phi) is 4.19. The summed E-state index contributed by atoms with van der Waals surface area (Å²) in [5, 5.41) is 16.0. The van der Waals surface area contributed by atoms with Crippen molar-refractivity contribution in [3.8, 4) is 11.5 Å². The fourth-order valence-corrected chi connectivity index (χ4v) is 1.93. The van der Waals surface area contributed by atoms with E-state index in [-0.39, 0.29) is 5.75 Å². The Labute approximate surface area is 114 Å². The first-order valence-electron chi connectivity index (χ1n) is 5.65. The quantitative estimate of drug-likeness (QED) is 0.576. The summed E-state index contributed by atoms with van der Waals surface area (Å²) >= 11 is 1.37. The van der Waals surface area contributed by atoms with Crippen LogP contribution in [0.5, 0.6) is 11.5 Å². The number of nitrogens with two attached hydrogens (primary N) is 1. The molecule has 100 valence electrons. The van der Waals surface area contributed by atoms with E-state index in [4.69, 9.17) is 10.5 Å². The van der Waals surface area contributed by atoms with Gasteiger partial charge in [-0.3, -0.25) is 5.43 Å². The minimum Gasteiger partial charge on any atom is -0.504 e. The highest BCUT2D eigenvalue weighted by molar-refractivity contribution is 7.14. The van der Waals surface area contributed by atoms with E-state index >= 15 is 0 Å². The maximum atomic E-state index is 9.56. The van der Waals surface area contributed by atoms with Gasteiger partial charge in [0.2, 0.25) is 5.13 Å². The molecule has 0 saturated carbocycles. The van der Waals surface area contributed by atoms with E-state index < -0.39 is 0 Å². The summed E-state index contributed by atoms with van der Waals surface area (Å²) in [4.78, 5) is 4.01. The van der Waals surface area contributed by atoms with Gasteiger partial charge in [0.1, 0.15) is 5.82 Å². The predicted molar refractivity (Wildman–Crippen MR) is 77.0 cm³/mol. The Bertz CT molecular complexity index is 583. The zero-order valence-corrected chi connectivity index (χ0v) is 11.1. The number of hydrogen-bond acceptors (Lipinski definition) is 7. The summed E-state index contributed by atoms with van der Waals surface area (Å²) in [5.41, 5.74) is 9.07. The van der Waals surface area contributed by atoms with Crippen LogP contribution in [0.2, 0.25) is 0 Å². The average molecular weight is 278 g/mol. The number of nitrogens with zero attached hydrogens (tertiary/aromatic N) is 2. The van der Waals surface area contributed by atoms with Crippen LogP contribution in [0.15, 0.2) is 28.7 Å². The molecule has 1 aromatic heterocycles. The summed E-state index contributed by atoms with van der Waals surface area (Å²) in [5.74, 6) is 1.01. The third-order valence-corrected chi connectivity index (χ3v) is 2.94. The van der Waals surface area contributed by atoms with Gasteiger partial charge < -0.3 is 15.6 Å². The highest BCUT2D eigenvalue weighted by atomic mass is 32.1. The van der Waals surface area contributed by atoms with Gasteiger partial charge in [-0.1, -0.05) is 0 Å². The number of anilines is 2. The lowest BCUT2D eigenvalue weighted by atomic mass is 10.2. The van der Waals surface area contributed by atoms with Crippen molar-refractivity contribution in [2.45, 2.75) is 6.92 Å². The molecule has 0 spiro atoms. The molecule has 1 aromatic carbocycles. The monoisotopic (exact) mass is 278 g/mol. The van der Waals surface area contributed by atoms with Crippen molar-refractivity contribution in [1.29, 1.82) is 0 Å². The zero-order valence-electron chi connectivity index (χ0n) is 10.3. The van der Waals surface area contributed by atoms with Gasteiger partial charge in [0, 0.05) is 5.38 Å². The van der Waals surface area contributed by atoms with Gasteiger partial charge in [-0.2, -0.15) is 5.10 Å². The first-order chi connectivity index (χ1) is 9.19. The molecule has 0 aliphatic heterocycles. The summed E-state index contributed by atoms with van der Waals surface area (Å²) < 4.78 is 5.29. The fourth-order valence-electron chi connectivity index (χ4n) is 1.38. The van der Waals surface area contributed by atoms with Crippen LogP contribution >= 0.6 is 11.3 Å². The van der Waals surface area contributed by atoms with E-state index in [9.17, 15) is 5.11 Å². The van der Waals surface area contributed by atoms with Crippen molar-refractivity contribution in [2.24, 2.45) is 5.10 Å². The van der Waals surface area contributed by atoms with Crippen LogP contribution in [-0.2, 0) is 0 Å². The van der Waals surface area contributed by atoms with Crippen LogP contribution in [0, 0.1) is 0 Å². The smallest absolute Gasteiger partial charge is 0.205 e. The second kappa shape index (κ2) is 6.05. The van der Waals surface area contributed by atoms with Crippen LogP contribution < -0.4 is 15.9 Å². The lowest BCUT2D eigenvalue weighted by molar-refractivity contribution is 0.318. The Morgan fingerprint density at radius 3 is 3.11 bits per heavy atom. The number of rotatable bonds is 5. The van der Waals surface area contributed by atoms with Crippen LogP contribution in [0.4, 0.5) is 10.9 Å². The summed E-state index contributed by atoms with van der Waals surface area (Å²) in [6.45, 7) is 2.35. The number of aromatic nitrogens is 1. The summed E-state index contributed by atoms with van der Waals surface area (Å²) in [7, 11) is 0. The molecule has 0 saturated heterocycles. The van der Waals surface area contributed by atoms with Crippen LogP contribution in [0.25, 0.3) is 0 Å². The number of hydrogen-bond donors (Lipinski definition) is 3. The number of phenols is 1. The predicted octanol–water partition coefficient (Wildman–Crippen LogP) is 2.28. The standard InChI is InChI=1S/C12H14N4O2S/c1-2-18-10-5-8(3-4-9(10)17)6-14-16-12-15-11(13)7-19-12/h3-7,17H,2,13H2,1H3,(H,15,16). The van der Waals surface area contributed by atoms with Crippen LogP contribution in [0.3, 0.4) is 0 Å². The zero-order chi connectivity index (χ0) is 13.7. The Hall–Kier alpha value is -2.28. The molecule has 0 aliphatic rings. The molecule has 1 heterocycles. The minimum absolute atomic E-state index is 0.111. The third kappa shape index (κ3) is 3.59. The maximum absolute atomic E-state index is 9.56. The lowest BCUT2D eigenvalue weighted by Gasteiger charge is -2.05. The number of thiazole rings is 1. The number of nitrogens with one attached hydrogen (secondary N) is 1. The Morgan fingerprint density at radius 1 is 1.58 bits per heavy atom.